The summed E-state index contributed by atoms with van der Waals surface area (Å²) in [4.78, 5) is 0. The lowest BCUT2D eigenvalue weighted by Crippen LogP contribution is -2.37. The van der Waals surface area contributed by atoms with E-state index in [0.29, 0.717) is 6.04 Å². The van der Waals surface area contributed by atoms with Crippen LogP contribution in [0, 0.1) is 5.92 Å². The zero-order valence-electron chi connectivity index (χ0n) is 12.9. The fourth-order valence-electron chi connectivity index (χ4n) is 3.20. The molecule has 0 amide bonds. The highest BCUT2D eigenvalue weighted by molar-refractivity contribution is 5.54. The summed E-state index contributed by atoms with van der Waals surface area (Å²) in [6.45, 7) is 3.15. The molecular weight excluding hydrogens is 260 g/mol. The maximum Gasteiger partial charge on any atom is 0.163 e. The van der Waals surface area contributed by atoms with Crippen molar-refractivity contribution in [2.45, 2.75) is 45.2 Å². The Morgan fingerprint density at radius 1 is 1.14 bits per heavy atom. The molecule has 0 unspecified atom stereocenters. The summed E-state index contributed by atoms with van der Waals surface area (Å²) in [6.07, 6.45) is 5.34. The SMILES string of the molecule is C[C@@H]1CCCC[C@@H]1NCc1nnc(-c2ccccc2)n1C. The second-order valence-electron chi connectivity index (χ2n) is 6.11. The first-order valence-corrected chi connectivity index (χ1v) is 7.93. The zero-order valence-corrected chi connectivity index (χ0v) is 12.9. The molecule has 4 heteroatoms. The molecule has 0 bridgehead atoms. The van der Waals surface area contributed by atoms with Crippen LogP contribution in [0.3, 0.4) is 0 Å². The maximum absolute atomic E-state index is 4.35. The molecule has 1 N–H and O–H groups in total. The molecule has 1 fully saturated rings. The van der Waals surface area contributed by atoms with E-state index in [1.807, 2.05) is 25.2 Å². The summed E-state index contributed by atoms with van der Waals surface area (Å²) in [6, 6.07) is 10.9. The third kappa shape index (κ3) is 3.16. The molecule has 0 spiro atoms. The van der Waals surface area contributed by atoms with Crippen molar-refractivity contribution in [2.24, 2.45) is 13.0 Å². The van der Waals surface area contributed by atoms with Crippen LogP contribution in [0.25, 0.3) is 11.4 Å². The molecule has 3 rings (SSSR count). The molecule has 0 radical (unpaired) electrons. The van der Waals surface area contributed by atoms with Gasteiger partial charge in [0, 0.05) is 18.7 Å². The highest BCUT2D eigenvalue weighted by Gasteiger charge is 2.21. The number of hydrogen-bond donors (Lipinski definition) is 1. The van der Waals surface area contributed by atoms with E-state index in [2.05, 4.69) is 39.1 Å². The van der Waals surface area contributed by atoms with Gasteiger partial charge in [0.2, 0.25) is 0 Å². The highest BCUT2D eigenvalue weighted by atomic mass is 15.3. The number of nitrogens with zero attached hydrogens (tertiary/aromatic N) is 3. The van der Waals surface area contributed by atoms with Gasteiger partial charge in [-0.15, -0.1) is 10.2 Å². The van der Waals surface area contributed by atoms with Crippen LogP contribution < -0.4 is 5.32 Å². The van der Waals surface area contributed by atoms with Gasteiger partial charge in [0.25, 0.3) is 0 Å². The van der Waals surface area contributed by atoms with Gasteiger partial charge in [-0.2, -0.15) is 0 Å². The molecular formula is C17H24N4. The van der Waals surface area contributed by atoms with E-state index < -0.39 is 0 Å². The Bertz CT molecular complexity index is 576. The third-order valence-electron chi connectivity index (χ3n) is 4.63. The lowest BCUT2D eigenvalue weighted by Gasteiger charge is -2.29. The summed E-state index contributed by atoms with van der Waals surface area (Å²) in [5.41, 5.74) is 1.12. The smallest absolute Gasteiger partial charge is 0.163 e. The Morgan fingerprint density at radius 3 is 2.67 bits per heavy atom. The van der Waals surface area contributed by atoms with Crippen LogP contribution in [-0.4, -0.2) is 20.8 Å². The topological polar surface area (TPSA) is 42.7 Å². The van der Waals surface area contributed by atoms with Gasteiger partial charge in [0.15, 0.2) is 5.82 Å². The van der Waals surface area contributed by atoms with Gasteiger partial charge in [-0.25, -0.2) is 0 Å². The molecule has 4 nitrogen and oxygen atoms in total. The first-order chi connectivity index (χ1) is 10.3. The standard InChI is InChI=1S/C17H24N4/c1-13-8-6-7-11-15(13)18-12-16-19-20-17(21(16)2)14-9-4-3-5-10-14/h3-5,9-10,13,15,18H,6-8,11-12H2,1-2H3/t13-,15+/m1/s1. The fourth-order valence-corrected chi connectivity index (χ4v) is 3.20. The quantitative estimate of drug-likeness (QED) is 0.938. The summed E-state index contributed by atoms with van der Waals surface area (Å²) in [5, 5.41) is 12.4. The van der Waals surface area contributed by atoms with Gasteiger partial charge in [-0.3, -0.25) is 0 Å². The van der Waals surface area contributed by atoms with Crippen molar-refractivity contribution in [3.05, 3.63) is 36.2 Å². The van der Waals surface area contributed by atoms with Crippen molar-refractivity contribution in [3.8, 4) is 11.4 Å². The molecule has 0 saturated heterocycles. The van der Waals surface area contributed by atoms with E-state index in [-0.39, 0.29) is 0 Å². The molecule has 2 aromatic rings. The third-order valence-corrected chi connectivity index (χ3v) is 4.63. The van der Waals surface area contributed by atoms with Crippen LogP contribution in [-0.2, 0) is 13.6 Å². The first kappa shape index (κ1) is 14.3. The summed E-state index contributed by atoms with van der Waals surface area (Å²) < 4.78 is 2.09. The summed E-state index contributed by atoms with van der Waals surface area (Å²) >= 11 is 0. The van der Waals surface area contributed by atoms with Crippen LogP contribution in [0.4, 0.5) is 0 Å². The number of rotatable bonds is 4. The number of nitrogens with one attached hydrogen (secondary N) is 1. The Morgan fingerprint density at radius 2 is 1.90 bits per heavy atom. The second-order valence-corrected chi connectivity index (χ2v) is 6.11. The Labute approximate surface area is 126 Å². The minimum Gasteiger partial charge on any atom is -0.313 e. The molecule has 2 atom stereocenters. The molecule has 1 heterocycles. The monoisotopic (exact) mass is 284 g/mol. The predicted octanol–water partition coefficient (Wildman–Crippen LogP) is 3.15. The average Bonchev–Trinajstić information content (AvgIpc) is 2.88. The fraction of sp³-hybridized carbons (Fsp3) is 0.529. The van der Waals surface area contributed by atoms with Gasteiger partial charge >= 0.3 is 0 Å². The van der Waals surface area contributed by atoms with Crippen LogP contribution in [0.15, 0.2) is 30.3 Å². The highest BCUT2D eigenvalue weighted by Crippen LogP contribution is 2.24. The molecule has 21 heavy (non-hydrogen) atoms. The number of hydrogen-bond acceptors (Lipinski definition) is 3. The lowest BCUT2D eigenvalue weighted by atomic mass is 9.86. The van der Waals surface area contributed by atoms with Crippen molar-refractivity contribution in [2.75, 3.05) is 0 Å². The Hall–Kier alpha value is -1.68. The van der Waals surface area contributed by atoms with E-state index in [9.17, 15) is 0 Å². The minimum absolute atomic E-state index is 0.621. The van der Waals surface area contributed by atoms with Gasteiger partial charge in [0.1, 0.15) is 5.82 Å². The lowest BCUT2D eigenvalue weighted by molar-refractivity contribution is 0.277. The largest absolute Gasteiger partial charge is 0.313 e. The predicted molar refractivity (Wildman–Crippen MR) is 84.7 cm³/mol. The van der Waals surface area contributed by atoms with Gasteiger partial charge < -0.3 is 9.88 Å². The summed E-state index contributed by atoms with van der Waals surface area (Å²) in [7, 11) is 2.05. The van der Waals surface area contributed by atoms with Gasteiger partial charge in [0.05, 0.1) is 6.54 Å². The van der Waals surface area contributed by atoms with E-state index in [0.717, 1.165) is 29.7 Å². The van der Waals surface area contributed by atoms with Crippen LogP contribution in [0.5, 0.6) is 0 Å². The molecule has 1 aliphatic carbocycles. The van der Waals surface area contributed by atoms with Gasteiger partial charge in [-0.1, -0.05) is 50.1 Å². The molecule has 1 saturated carbocycles. The van der Waals surface area contributed by atoms with E-state index >= 15 is 0 Å². The van der Waals surface area contributed by atoms with Gasteiger partial charge in [-0.05, 0) is 18.8 Å². The molecule has 112 valence electrons. The van der Waals surface area contributed by atoms with E-state index in [1.54, 1.807) is 0 Å². The van der Waals surface area contributed by atoms with Crippen molar-refractivity contribution >= 4 is 0 Å². The molecule has 1 aliphatic rings. The van der Waals surface area contributed by atoms with Crippen molar-refractivity contribution in [1.29, 1.82) is 0 Å². The zero-order chi connectivity index (χ0) is 14.7. The average molecular weight is 284 g/mol. The van der Waals surface area contributed by atoms with Crippen molar-refractivity contribution in [1.82, 2.24) is 20.1 Å². The van der Waals surface area contributed by atoms with E-state index in [1.165, 1.54) is 25.7 Å². The number of aromatic nitrogens is 3. The van der Waals surface area contributed by atoms with Crippen LogP contribution in [0.1, 0.15) is 38.4 Å². The Kier molecular flexibility index (Phi) is 4.34. The second kappa shape index (κ2) is 6.39. The first-order valence-electron chi connectivity index (χ1n) is 7.93. The normalized spacial score (nSPS) is 22.4. The van der Waals surface area contributed by atoms with Crippen molar-refractivity contribution < 1.29 is 0 Å². The van der Waals surface area contributed by atoms with Crippen LogP contribution >= 0.6 is 0 Å². The van der Waals surface area contributed by atoms with E-state index in [4.69, 9.17) is 0 Å². The maximum atomic E-state index is 4.35. The van der Waals surface area contributed by atoms with Crippen molar-refractivity contribution in [3.63, 3.8) is 0 Å². The van der Waals surface area contributed by atoms with Crippen LogP contribution in [0.2, 0.25) is 0 Å². The molecule has 1 aromatic heterocycles. The number of benzene rings is 1. The minimum atomic E-state index is 0.621. The Balaban J connectivity index is 1.68. The molecule has 1 aromatic carbocycles. The molecule has 0 aliphatic heterocycles. The summed E-state index contributed by atoms with van der Waals surface area (Å²) in [5.74, 6) is 2.70.